The predicted molar refractivity (Wildman–Crippen MR) is 96.9 cm³/mol. The van der Waals surface area contributed by atoms with E-state index in [4.69, 9.17) is 4.52 Å². The number of aromatic nitrogens is 5. The molecule has 0 unspecified atom stereocenters. The molecule has 30 heavy (non-hydrogen) atoms. The molecule has 11 heteroatoms. The highest BCUT2D eigenvalue weighted by Crippen LogP contribution is 2.28. The van der Waals surface area contributed by atoms with E-state index >= 15 is 0 Å². The van der Waals surface area contributed by atoms with E-state index in [1.54, 1.807) is 11.1 Å². The lowest BCUT2D eigenvalue weighted by atomic mass is 9.94. The molecule has 3 aromatic heterocycles. The molecule has 1 amide bonds. The first-order valence-corrected chi connectivity index (χ1v) is 9.31. The molecule has 0 aromatic carbocycles. The first-order chi connectivity index (χ1) is 14.4. The van der Waals surface area contributed by atoms with E-state index in [0.29, 0.717) is 36.9 Å². The van der Waals surface area contributed by atoms with E-state index in [0.717, 1.165) is 31.2 Å². The summed E-state index contributed by atoms with van der Waals surface area (Å²) in [5.41, 5.74) is -0.389. The van der Waals surface area contributed by atoms with Crippen molar-refractivity contribution in [2.45, 2.75) is 25.4 Å². The molecule has 0 radical (unpaired) electrons. The van der Waals surface area contributed by atoms with Gasteiger partial charge in [-0.1, -0.05) is 5.16 Å². The van der Waals surface area contributed by atoms with Gasteiger partial charge >= 0.3 is 6.18 Å². The molecule has 1 aliphatic rings. The molecule has 3 aromatic rings. The maximum Gasteiger partial charge on any atom is 0.433 e. The smallest absolute Gasteiger partial charge is 0.339 e. The van der Waals surface area contributed by atoms with E-state index in [2.05, 4.69) is 25.1 Å². The summed E-state index contributed by atoms with van der Waals surface area (Å²) >= 11 is 0. The van der Waals surface area contributed by atoms with Crippen molar-refractivity contribution in [1.29, 1.82) is 0 Å². The van der Waals surface area contributed by atoms with Crippen molar-refractivity contribution < 1.29 is 22.5 Å². The second kappa shape index (κ2) is 8.17. The van der Waals surface area contributed by atoms with Crippen LogP contribution in [0.3, 0.4) is 0 Å². The number of rotatable bonds is 4. The van der Waals surface area contributed by atoms with Crippen LogP contribution in [0.5, 0.6) is 0 Å². The molecule has 0 aliphatic carbocycles. The van der Waals surface area contributed by atoms with Gasteiger partial charge in [0, 0.05) is 38.1 Å². The average molecular weight is 418 g/mol. The van der Waals surface area contributed by atoms with Crippen molar-refractivity contribution in [3.63, 3.8) is 0 Å². The quantitative estimate of drug-likeness (QED) is 0.642. The van der Waals surface area contributed by atoms with Gasteiger partial charge in [0.1, 0.15) is 11.4 Å². The number of amides is 1. The number of carbonyl (C=O) groups excluding carboxylic acids is 1. The zero-order valence-electron chi connectivity index (χ0n) is 15.7. The van der Waals surface area contributed by atoms with Crippen molar-refractivity contribution in [3.05, 3.63) is 54.1 Å². The maximum atomic E-state index is 12.7. The van der Waals surface area contributed by atoms with Gasteiger partial charge in [-0.3, -0.25) is 14.8 Å². The Morgan fingerprint density at radius 2 is 2.07 bits per heavy atom. The van der Waals surface area contributed by atoms with Crippen LogP contribution in [0.4, 0.5) is 13.2 Å². The third-order valence-electron chi connectivity index (χ3n) is 4.83. The summed E-state index contributed by atoms with van der Waals surface area (Å²) in [6.45, 7) is 0.980. The van der Waals surface area contributed by atoms with Crippen LogP contribution < -0.4 is 0 Å². The van der Waals surface area contributed by atoms with Crippen molar-refractivity contribution in [3.8, 4) is 11.5 Å². The fourth-order valence-electron chi connectivity index (χ4n) is 3.39. The third-order valence-corrected chi connectivity index (χ3v) is 4.83. The number of halogens is 3. The van der Waals surface area contributed by atoms with Crippen LogP contribution in [-0.2, 0) is 12.6 Å². The summed E-state index contributed by atoms with van der Waals surface area (Å²) in [5, 5.41) is 3.91. The molecule has 1 atom stereocenters. The number of hydrogen-bond acceptors (Lipinski definition) is 7. The normalized spacial score (nSPS) is 17.2. The van der Waals surface area contributed by atoms with Crippen molar-refractivity contribution in [2.75, 3.05) is 13.1 Å². The van der Waals surface area contributed by atoms with Gasteiger partial charge in [-0.15, -0.1) is 0 Å². The largest absolute Gasteiger partial charge is 0.433 e. The van der Waals surface area contributed by atoms with E-state index < -0.39 is 11.9 Å². The van der Waals surface area contributed by atoms with Gasteiger partial charge in [-0.25, -0.2) is 4.98 Å². The van der Waals surface area contributed by atoms with Gasteiger partial charge in [0.2, 0.25) is 11.7 Å². The van der Waals surface area contributed by atoms with Crippen LogP contribution in [-0.4, -0.2) is 49.0 Å². The minimum Gasteiger partial charge on any atom is -0.339 e. The Labute approximate surface area is 169 Å². The highest BCUT2D eigenvalue weighted by molar-refractivity contribution is 5.94. The van der Waals surface area contributed by atoms with Gasteiger partial charge in [0.15, 0.2) is 0 Å². The number of carbonyl (C=O) groups is 1. The molecule has 156 valence electrons. The Balaban J connectivity index is 1.40. The summed E-state index contributed by atoms with van der Waals surface area (Å²) in [6.07, 6.45) is 3.19. The third kappa shape index (κ3) is 4.44. The lowest BCUT2D eigenvalue weighted by Gasteiger charge is -2.32. The summed E-state index contributed by atoms with van der Waals surface area (Å²) < 4.78 is 43.3. The van der Waals surface area contributed by atoms with Gasteiger partial charge in [0.05, 0.1) is 11.8 Å². The first-order valence-electron chi connectivity index (χ1n) is 9.31. The Bertz CT molecular complexity index is 1010. The van der Waals surface area contributed by atoms with E-state index in [1.165, 1.54) is 12.4 Å². The van der Waals surface area contributed by atoms with Crippen LogP contribution in [0.25, 0.3) is 11.5 Å². The van der Waals surface area contributed by atoms with Crippen LogP contribution in [0.2, 0.25) is 0 Å². The fourth-order valence-corrected chi connectivity index (χ4v) is 3.39. The molecule has 8 nitrogen and oxygen atoms in total. The van der Waals surface area contributed by atoms with Crippen LogP contribution in [0.1, 0.15) is 34.8 Å². The highest BCUT2D eigenvalue weighted by atomic mass is 19.4. The molecule has 0 spiro atoms. The lowest BCUT2D eigenvalue weighted by Crippen LogP contribution is -2.40. The van der Waals surface area contributed by atoms with Gasteiger partial charge < -0.3 is 9.42 Å². The Kier molecular flexibility index (Phi) is 5.42. The molecular weight excluding hydrogens is 401 g/mol. The molecule has 4 heterocycles. The second-order valence-corrected chi connectivity index (χ2v) is 7.00. The topological polar surface area (TPSA) is 97.9 Å². The standard InChI is InChI=1S/C19H17F3N6O2/c20-19(21,22)15-4-3-13(9-25-15)18(29)28-7-1-2-12(11-28)8-16-26-17(27-30-16)14-10-23-5-6-24-14/h3-6,9-10,12H,1-2,7-8,11H2/t12-/m1/s1. The SMILES string of the molecule is O=C(c1ccc(C(F)(F)F)nc1)N1CCC[C@H](Cc2nc(-c3cnccn3)no2)C1. The Morgan fingerprint density at radius 3 is 2.77 bits per heavy atom. The highest BCUT2D eigenvalue weighted by Gasteiger charge is 2.33. The number of pyridine rings is 1. The van der Waals surface area contributed by atoms with Crippen molar-refractivity contribution in [2.24, 2.45) is 5.92 Å². The summed E-state index contributed by atoms with van der Waals surface area (Å²) in [5.74, 6) is 0.538. The predicted octanol–water partition coefficient (Wildman–Crippen LogP) is 3.04. The molecular formula is C19H17F3N6O2. The number of likely N-dealkylation sites (tertiary alicyclic amines) is 1. The Morgan fingerprint density at radius 1 is 1.20 bits per heavy atom. The van der Waals surface area contributed by atoms with Crippen LogP contribution in [0, 0.1) is 5.92 Å². The molecule has 0 saturated carbocycles. The zero-order chi connectivity index (χ0) is 21.1. The summed E-state index contributed by atoms with van der Waals surface area (Å²) in [7, 11) is 0. The van der Waals surface area contributed by atoms with Gasteiger partial charge in [0.25, 0.3) is 5.91 Å². The zero-order valence-corrected chi connectivity index (χ0v) is 15.7. The number of piperidine rings is 1. The molecule has 0 bridgehead atoms. The first kappa shape index (κ1) is 19.9. The molecule has 1 aliphatic heterocycles. The maximum absolute atomic E-state index is 12.7. The van der Waals surface area contributed by atoms with Crippen molar-refractivity contribution >= 4 is 5.91 Å². The van der Waals surface area contributed by atoms with Crippen LogP contribution >= 0.6 is 0 Å². The number of nitrogens with zero attached hydrogens (tertiary/aromatic N) is 6. The van der Waals surface area contributed by atoms with Gasteiger partial charge in [-0.05, 0) is 30.9 Å². The second-order valence-electron chi connectivity index (χ2n) is 7.00. The number of alkyl halides is 3. The van der Waals surface area contributed by atoms with Crippen molar-refractivity contribution in [1.82, 2.24) is 30.0 Å². The van der Waals surface area contributed by atoms with E-state index in [9.17, 15) is 18.0 Å². The Hall–Kier alpha value is -3.37. The van der Waals surface area contributed by atoms with E-state index in [-0.39, 0.29) is 17.4 Å². The van der Waals surface area contributed by atoms with E-state index in [1.807, 2.05) is 0 Å². The molecule has 0 N–H and O–H groups in total. The summed E-state index contributed by atoms with van der Waals surface area (Å²) in [4.78, 5) is 30.1. The minimum absolute atomic E-state index is 0.0975. The molecule has 1 fully saturated rings. The summed E-state index contributed by atoms with van der Waals surface area (Å²) in [6, 6.07) is 1.98. The van der Waals surface area contributed by atoms with Crippen LogP contribution in [0.15, 0.2) is 41.4 Å². The lowest BCUT2D eigenvalue weighted by molar-refractivity contribution is -0.141. The molecule has 1 saturated heterocycles. The molecule has 4 rings (SSSR count). The van der Waals surface area contributed by atoms with Gasteiger partial charge in [-0.2, -0.15) is 18.2 Å². The average Bonchev–Trinajstić information content (AvgIpc) is 3.22. The fraction of sp³-hybridized carbons (Fsp3) is 0.368. The number of hydrogen-bond donors (Lipinski definition) is 0. The monoisotopic (exact) mass is 418 g/mol. The minimum atomic E-state index is -4.54.